The molecule has 0 aliphatic heterocycles. The van der Waals surface area contributed by atoms with E-state index in [0.29, 0.717) is 12.1 Å². The van der Waals surface area contributed by atoms with Crippen LogP contribution in [0.15, 0.2) is 36.4 Å². The van der Waals surface area contributed by atoms with Gasteiger partial charge in [-0.05, 0) is 17.7 Å². The molecule has 3 nitrogen and oxygen atoms in total. The first-order valence-corrected chi connectivity index (χ1v) is 3.85. The molecule has 0 aliphatic rings. The second-order valence-corrected chi connectivity index (χ2v) is 2.83. The second-order valence-electron chi connectivity index (χ2n) is 2.83. The molecule has 1 aromatic carbocycles. The van der Waals surface area contributed by atoms with E-state index >= 15 is 0 Å². The monoisotopic (exact) mass is 177 g/mol. The van der Waals surface area contributed by atoms with E-state index in [1.807, 2.05) is 0 Å². The minimum atomic E-state index is -0.961. The van der Waals surface area contributed by atoms with Crippen LogP contribution in [-0.4, -0.2) is 11.1 Å². The second kappa shape index (κ2) is 3.76. The summed E-state index contributed by atoms with van der Waals surface area (Å²) in [6.45, 7) is 3.44. The van der Waals surface area contributed by atoms with Gasteiger partial charge in [-0.15, -0.1) is 0 Å². The molecule has 0 saturated heterocycles. The maximum absolute atomic E-state index is 10.4. The third-order valence-electron chi connectivity index (χ3n) is 1.70. The molecular formula is C10H11NO2. The number of hydrogen-bond acceptors (Lipinski definition) is 2. The van der Waals surface area contributed by atoms with E-state index in [0.717, 1.165) is 5.56 Å². The van der Waals surface area contributed by atoms with Crippen molar-refractivity contribution in [3.05, 3.63) is 42.0 Å². The number of rotatable bonds is 3. The van der Waals surface area contributed by atoms with Gasteiger partial charge in [0.25, 0.3) is 0 Å². The summed E-state index contributed by atoms with van der Waals surface area (Å²) in [7, 11) is 0. The fourth-order valence-electron chi connectivity index (χ4n) is 0.958. The fraction of sp³-hybridized carbons (Fsp3) is 0.100. The zero-order valence-electron chi connectivity index (χ0n) is 7.16. The van der Waals surface area contributed by atoms with Gasteiger partial charge in [-0.25, -0.2) is 4.79 Å². The van der Waals surface area contributed by atoms with Gasteiger partial charge in [0.1, 0.15) is 0 Å². The zero-order chi connectivity index (χ0) is 9.84. The molecule has 0 spiro atoms. The lowest BCUT2D eigenvalue weighted by molar-refractivity contribution is -0.132. The molecule has 3 heteroatoms. The van der Waals surface area contributed by atoms with Crippen molar-refractivity contribution in [2.75, 3.05) is 5.73 Å². The number of benzene rings is 1. The van der Waals surface area contributed by atoms with Crippen molar-refractivity contribution in [2.45, 2.75) is 6.42 Å². The van der Waals surface area contributed by atoms with Gasteiger partial charge in [0.05, 0.1) is 0 Å². The molecule has 1 rings (SSSR count). The van der Waals surface area contributed by atoms with Gasteiger partial charge in [-0.3, -0.25) is 0 Å². The van der Waals surface area contributed by atoms with E-state index in [4.69, 9.17) is 10.8 Å². The highest BCUT2D eigenvalue weighted by Crippen LogP contribution is 2.09. The standard InChI is InChI=1S/C10H11NO2/c1-7(10(12)13)6-8-2-4-9(11)5-3-8/h2-5H,1,6,11H2,(H,12,13). The maximum Gasteiger partial charge on any atom is 0.331 e. The number of anilines is 1. The number of carboxylic acids is 1. The lowest BCUT2D eigenvalue weighted by Gasteiger charge is -2.00. The highest BCUT2D eigenvalue weighted by atomic mass is 16.4. The Morgan fingerprint density at radius 3 is 2.38 bits per heavy atom. The molecule has 13 heavy (non-hydrogen) atoms. The summed E-state index contributed by atoms with van der Waals surface area (Å²) >= 11 is 0. The summed E-state index contributed by atoms with van der Waals surface area (Å²) in [6, 6.07) is 7.07. The smallest absolute Gasteiger partial charge is 0.331 e. The highest BCUT2D eigenvalue weighted by Gasteiger charge is 2.04. The number of carboxylic acid groups (broad SMARTS) is 1. The van der Waals surface area contributed by atoms with Gasteiger partial charge in [0, 0.05) is 17.7 Å². The molecule has 68 valence electrons. The number of nitrogen functional groups attached to an aromatic ring is 1. The Hall–Kier alpha value is -1.77. The van der Waals surface area contributed by atoms with Crippen molar-refractivity contribution < 1.29 is 9.90 Å². The number of nitrogens with two attached hydrogens (primary N) is 1. The Morgan fingerprint density at radius 1 is 1.38 bits per heavy atom. The summed E-state index contributed by atoms with van der Waals surface area (Å²) in [4.78, 5) is 10.4. The number of hydrogen-bond donors (Lipinski definition) is 2. The largest absolute Gasteiger partial charge is 0.478 e. The summed E-state index contributed by atoms with van der Waals surface area (Å²) in [5.41, 5.74) is 7.24. The van der Waals surface area contributed by atoms with Crippen LogP contribution in [0.4, 0.5) is 5.69 Å². The van der Waals surface area contributed by atoms with Crippen LogP contribution in [-0.2, 0) is 11.2 Å². The van der Waals surface area contributed by atoms with E-state index in [1.54, 1.807) is 24.3 Å². The summed E-state index contributed by atoms with van der Waals surface area (Å²) in [5, 5.41) is 8.57. The van der Waals surface area contributed by atoms with Crippen molar-refractivity contribution in [3.8, 4) is 0 Å². The normalized spacial score (nSPS) is 9.54. The Labute approximate surface area is 76.5 Å². The third-order valence-corrected chi connectivity index (χ3v) is 1.70. The summed E-state index contributed by atoms with van der Waals surface area (Å²) in [5.74, 6) is -0.961. The minimum absolute atomic E-state index is 0.185. The van der Waals surface area contributed by atoms with Crippen molar-refractivity contribution in [2.24, 2.45) is 0 Å². The average molecular weight is 177 g/mol. The van der Waals surface area contributed by atoms with Gasteiger partial charge >= 0.3 is 5.97 Å². The predicted octanol–water partition coefficient (Wildman–Crippen LogP) is 1.45. The molecular weight excluding hydrogens is 166 g/mol. The molecule has 0 amide bonds. The lowest BCUT2D eigenvalue weighted by atomic mass is 10.1. The third kappa shape index (κ3) is 2.63. The van der Waals surface area contributed by atoms with E-state index in [9.17, 15) is 4.79 Å². The van der Waals surface area contributed by atoms with E-state index in [2.05, 4.69) is 6.58 Å². The van der Waals surface area contributed by atoms with Crippen LogP contribution in [0.2, 0.25) is 0 Å². The topological polar surface area (TPSA) is 63.3 Å². The SMILES string of the molecule is C=C(Cc1ccc(N)cc1)C(=O)O. The Morgan fingerprint density at radius 2 is 1.92 bits per heavy atom. The van der Waals surface area contributed by atoms with Crippen LogP contribution < -0.4 is 5.73 Å². The molecule has 0 radical (unpaired) electrons. The molecule has 0 heterocycles. The predicted molar refractivity (Wildman–Crippen MR) is 51.3 cm³/mol. The first kappa shape index (κ1) is 9.32. The van der Waals surface area contributed by atoms with Crippen LogP contribution in [0.3, 0.4) is 0 Å². The zero-order valence-corrected chi connectivity index (χ0v) is 7.16. The van der Waals surface area contributed by atoms with E-state index in [-0.39, 0.29) is 5.57 Å². The van der Waals surface area contributed by atoms with Gasteiger partial charge in [0.2, 0.25) is 0 Å². The van der Waals surface area contributed by atoms with Crippen LogP contribution in [0.25, 0.3) is 0 Å². The molecule has 0 aromatic heterocycles. The number of aliphatic carboxylic acids is 1. The molecule has 1 aromatic rings. The van der Waals surface area contributed by atoms with Crippen LogP contribution in [0.5, 0.6) is 0 Å². The van der Waals surface area contributed by atoms with Gasteiger partial charge in [-0.2, -0.15) is 0 Å². The molecule has 0 atom stereocenters. The summed E-state index contributed by atoms with van der Waals surface area (Å²) in [6.07, 6.45) is 0.357. The van der Waals surface area contributed by atoms with Gasteiger partial charge in [0.15, 0.2) is 0 Å². The molecule has 0 unspecified atom stereocenters. The van der Waals surface area contributed by atoms with Crippen molar-refractivity contribution >= 4 is 11.7 Å². The average Bonchev–Trinajstić information content (AvgIpc) is 2.08. The Bertz CT molecular complexity index is 327. The maximum atomic E-state index is 10.4. The van der Waals surface area contributed by atoms with Crippen molar-refractivity contribution in [1.29, 1.82) is 0 Å². The quantitative estimate of drug-likeness (QED) is 0.542. The number of carbonyl (C=O) groups is 1. The van der Waals surface area contributed by atoms with Gasteiger partial charge < -0.3 is 10.8 Å². The van der Waals surface area contributed by atoms with Crippen molar-refractivity contribution in [3.63, 3.8) is 0 Å². The molecule has 0 fully saturated rings. The van der Waals surface area contributed by atoms with E-state index in [1.165, 1.54) is 0 Å². The first-order valence-electron chi connectivity index (χ1n) is 3.85. The molecule has 0 aliphatic carbocycles. The minimum Gasteiger partial charge on any atom is -0.478 e. The van der Waals surface area contributed by atoms with E-state index < -0.39 is 5.97 Å². The lowest BCUT2D eigenvalue weighted by Crippen LogP contribution is -2.02. The summed E-state index contributed by atoms with van der Waals surface area (Å²) < 4.78 is 0. The first-order chi connectivity index (χ1) is 6.09. The van der Waals surface area contributed by atoms with Crippen molar-refractivity contribution in [1.82, 2.24) is 0 Å². The Balaban J connectivity index is 2.70. The molecule has 3 N–H and O–H groups in total. The van der Waals surface area contributed by atoms with Crippen LogP contribution in [0, 0.1) is 0 Å². The molecule has 0 bridgehead atoms. The molecule has 0 saturated carbocycles. The Kier molecular flexibility index (Phi) is 2.69. The van der Waals surface area contributed by atoms with Gasteiger partial charge in [-0.1, -0.05) is 18.7 Å². The highest BCUT2D eigenvalue weighted by molar-refractivity contribution is 5.86. The fourth-order valence-corrected chi connectivity index (χ4v) is 0.958. The van der Waals surface area contributed by atoms with Crippen LogP contribution in [0.1, 0.15) is 5.56 Å². The van der Waals surface area contributed by atoms with Crippen LogP contribution >= 0.6 is 0 Å².